The Kier molecular flexibility index (Phi) is 3.91. The van der Waals surface area contributed by atoms with Crippen molar-refractivity contribution in [2.75, 3.05) is 0 Å². The fourth-order valence-electron chi connectivity index (χ4n) is 1.75. The van der Waals surface area contributed by atoms with E-state index in [0.29, 0.717) is 12.5 Å². The number of nitrogens with zero attached hydrogens (tertiary/aromatic N) is 2. The van der Waals surface area contributed by atoms with Gasteiger partial charge in [-0.25, -0.2) is 4.98 Å². The van der Waals surface area contributed by atoms with Crippen molar-refractivity contribution >= 4 is 0 Å². The molecule has 0 amide bonds. The standard InChI is InChI=1S/C12H22N2O/c1-5-12(15,6-2)9-14-8-7-13-11(14)10(3)4/h7-8,10,15H,5-6,9H2,1-4H3. The third-order valence-electron chi connectivity index (χ3n) is 3.04. The minimum atomic E-state index is -0.593. The normalized spacial score (nSPS) is 12.4. The first-order valence-electron chi connectivity index (χ1n) is 5.76. The lowest BCUT2D eigenvalue weighted by Crippen LogP contribution is -2.33. The van der Waals surface area contributed by atoms with Crippen LogP contribution in [0.25, 0.3) is 0 Å². The molecule has 0 spiro atoms. The molecule has 0 fully saturated rings. The summed E-state index contributed by atoms with van der Waals surface area (Å²) in [5.41, 5.74) is -0.593. The number of aromatic nitrogens is 2. The predicted molar refractivity (Wildman–Crippen MR) is 61.8 cm³/mol. The maximum Gasteiger partial charge on any atom is 0.111 e. The fourth-order valence-corrected chi connectivity index (χ4v) is 1.75. The first-order chi connectivity index (χ1) is 7.02. The van der Waals surface area contributed by atoms with Crippen molar-refractivity contribution in [2.45, 2.75) is 58.6 Å². The maximum atomic E-state index is 10.3. The van der Waals surface area contributed by atoms with Gasteiger partial charge in [0.05, 0.1) is 12.1 Å². The number of hydrogen-bond donors (Lipinski definition) is 1. The van der Waals surface area contributed by atoms with Gasteiger partial charge in [-0.2, -0.15) is 0 Å². The second-order valence-corrected chi connectivity index (χ2v) is 4.50. The lowest BCUT2D eigenvalue weighted by molar-refractivity contribution is 0.0142. The average molecular weight is 210 g/mol. The Balaban J connectivity index is 2.84. The SMILES string of the molecule is CCC(O)(CC)Cn1ccnc1C(C)C. The number of imidazole rings is 1. The molecule has 0 radical (unpaired) electrons. The summed E-state index contributed by atoms with van der Waals surface area (Å²) < 4.78 is 2.07. The van der Waals surface area contributed by atoms with Gasteiger partial charge in [0.2, 0.25) is 0 Å². The van der Waals surface area contributed by atoms with Crippen LogP contribution in [-0.2, 0) is 6.54 Å². The van der Waals surface area contributed by atoms with Crippen molar-refractivity contribution < 1.29 is 5.11 Å². The summed E-state index contributed by atoms with van der Waals surface area (Å²) in [6.07, 6.45) is 5.31. The van der Waals surface area contributed by atoms with Crippen molar-refractivity contribution in [3.8, 4) is 0 Å². The molecule has 0 aromatic carbocycles. The van der Waals surface area contributed by atoms with Gasteiger partial charge in [-0.05, 0) is 12.8 Å². The highest BCUT2D eigenvalue weighted by molar-refractivity contribution is 4.99. The maximum absolute atomic E-state index is 10.3. The molecule has 0 saturated carbocycles. The van der Waals surface area contributed by atoms with E-state index in [9.17, 15) is 5.11 Å². The van der Waals surface area contributed by atoms with Gasteiger partial charge in [0.25, 0.3) is 0 Å². The Morgan fingerprint density at radius 3 is 2.47 bits per heavy atom. The van der Waals surface area contributed by atoms with E-state index in [1.54, 1.807) is 6.20 Å². The molecular formula is C12H22N2O. The molecule has 0 aliphatic heterocycles. The van der Waals surface area contributed by atoms with Gasteiger partial charge in [0.1, 0.15) is 5.82 Å². The second kappa shape index (κ2) is 4.79. The molecule has 3 nitrogen and oxygen atoms in total. The topological polar surface area (TPSA) is 38.0 Å². The average Bonchev–Trinajstić information content (AvgIpc) is 2.65. The molecule has 1 aromatic rings. The van der Waals surface area contributed by atoms with Crippen LogP contribution >= 0.6 is 0 Å². The van der Waals surface area contributed by atoms with Crippen LogP contribution in [0.3, 0.4) is 0 Å². The molecule has 0 unspecified atom stereocenters. The molecular weight excluding hydrogens is 188 g/mol. The van der Waals surface area contributed by atoms with Crippen LogP contribution in [0.1, 0.15) is 52.3 Å². The van der Waals surface area contributed by atoms with E-state index in [1.807, 2.05) is 20.0 Å². The van der Waals surface area contributed by atoms with E-state index >= 15 is 0 Å². The quantitative estimate of drug-likeness (QED) is 0.811. The van der Waals surface area contributed by atoms with Crippen LogP contribution in [0.2, 0.25) is 0 Å². The molecule has 3 heteroatoms. The zero-order valence-electron chi connectivity index (χ0n) is 10.2. The molecule has 0 aliphatic rings. The monoisotopic (exact) mass is 210 g/mol. The highest BCUT2D eigenvalue weighted by Crippen LogP contribution is 2.20. The van der Waals surface area contributed by atoms with Crippen molar-refractivity contribution in [3.05, 3.63) is 18.2 Å². The van der Waals surface area contributed by atoms with Crippen molar-refractivity contribution in [3.63, 3.8) is 0 Å². The minimum absolute atomic E-state index is 0.401. The highest BCUT2D eigenvalue weighted by Gasteiger charge is 2.24. The van der Waals surface area contributed by atoms with Crippen LogP contribution in [-0.4, -0.2) is 20.3 Å². The summed E-state index contributed by atoms with van der Waals surface area (Å²) >= 11 is 0. The molecule has 0 aliphatic carbocycles. The largest absolute Gasteiger partial charge is 0.388 e. The van der Waals surface area contributed by atoms with E-state index in [1.165, 1.54) is 0 Å². The summed E-state index contributed by atoms with van der Waals surface area (Å²) in [5.74, 6) is 1.45. The molecule has 0 bridgehead atoms. The van der Waals surface area contributed by atoms with Crippen LogP contribution in [0.15, 0.2) is 12.4 Å². The first-order valence-corrected chi connectivity index (χ1v) is 5.76. The first kappa shape index (κ1) is 12.2. The molecule has 1 N–H and O–H groups in total. The molecule has 1 heterocycles. The van der Waals surface area contributed by atoms with Crippen LogP contribution in [0.4, 0.5) is 0 Å². The number of hydrogen-bond acceptors (Lipinski definition) is 2. The fraction of sp³-hybridized carbons (Fsp3) is 0.750. The predicted octanol–water partition coefficient (Wildman–Crippen LogP) is 2.56. The lowest BCUT2D eigenvalue weighted by Gasteiger charge is -2.26. The van der Waals surface area contributed by atoms with Gasteiger partial charge < -0.3 is 9.67 Å². The summed E-state index contributed by atoms with van der Waals surface area (Å²) in [4.78, 5) is 4.32. The lowest BCUT2D eigenvalue weighted by atomic mass is 9.97. The van der Waals surface area contributed by atoms with Crippen molar-refractivity contribution in [2.24, 2.45) is 0 Å². The molecule has 0 atom stereocenters. The highest BCUT2D eigenvalue weighted by atomic mass is 16.3. The Morgan fingerprint density at radius 1 is 1.40 bits per heavy atom. The molecule has 86 valence electrons. The van der Waals surface area contributed by atoms with Crippen LogP contribution < -0.4 is 0 Å². The van der Waals surface area contributed by atoms with E-state index in [0.717, 1.165) is 18.7 Å². The minimum Gasteiger partial charge on any atom is -0.388 e. The van der Waals surface area contributed by atoms with Gasteiger partial charge in [-0.1, -0.05) is 27.7 Å². The van der Waals surface area contributed by atoms with Gasteiger partial charge in [0, 0.05) is 18.3 Å². The molecule has 15 heavy (non-hydrogen) atoms. The molecule has 0 saturated heterocycles. The Morgan fingerprint density at radius 2 is 2.00 bits per heavy atom. The summed E-state index contributed by atoms with van der Waals surface area (Å²) in [7, 11) is 0. The van der Waals surface area contributed by atoms with Gasteiger partial charge >= 0.3 is 0 Å². The summed E-state index contributed by atoms with van der Waals surface area (Å²) in [5, 5.41) is 10.3. The Labute approximate surface area is 92.1 Å². The Bertz CT molecular complexity index is 300. The van der Waals surface area contributed by atoms with Crippen LogP contribution in [0, 0.1) is 0 Å². The zero-order chi connectivity index (χ0) is 11.5. The number of rotatable bonds is 5. The van der Waals surface area contributed by atoms with Crippen LogP contribution in [0.5, 0.6) is 0 Å². The summed E-state index contributed by atoms with van der Waals surface area (Å²) in [6, 6.07) is 0. The summed E-state index contributed by atoms with van der Waals surface area (Å²) in [6.45, 7) is 8.93. The van der Waals surface area contributed by atoms with Gasteiger partial charge in [0.15, 0.2) is 0 Å². The van der Waals surface area contributed by atoms with Crippen molar-refractivity contribution in [1.82, 2.24) is 9.55 Å². The van der Waals surface area contributed by atoms with E-state index in [-0.39, 0.29) is 0 Å². The molecule has 1 aromatic heterocycles. The Hall–Kier alpha value is -0.830. The van der Waals surface area contributed by atoms with Gasteiger partial charge in [-0.15, -0.1) is 0 Å². The second-order valence-electron chi connectivity index (χ2n) is 4.50. The smallest absolute Gasteiger partial charge is 0.111 e. The van der Waals surface area contributed by atoms with E-state index in [2.05, 4.69) is 23.4 Å². The third kappa shape index (κ3) is 2.81. The third-order valence-corrected chi connectivity index (χ3v) is 3.04. The van der Waals surface area contributed by atoms with Gasteiger partial charge in [-0.3, -0.25) is 0 Å². The molecule has 1 rings (SSSR count). The zero-order valence-corrected chi connectivity index (χ0v) is 10.2. The van der Waals surface area contributed by atoms with E-state index in [4.69, 9.17) is 0 Å². The van der Waals surface area contributed by atoms with E-state index < -0.39 is 5.60 Å². The number of aliphatic hydroxyl groups is 1. The van der Waals surface area contributed by atoms with Crippen molar-refractivity contribution in [1.29, 1.82) is 0 Å².